The summed E-state index contributed by atoms with van der Waals surface area (Å²) in [6.45, 7) is 1.82. The van der Waals surface area contributed by atoms with E-state index < -0.39 is 5.97 Å². The van der Waals surface area contributed by atoms with Crippen LogP contribution < -0.4 is 0 Å². The van der Waals surface area contributed by atoms with Gasteiger partial charge < -0.3 is 9.52 Å². The molecule has 88 valence electrons. The molecule has 4 nitrogen and oxygen atoms in total. The van der Waals surface area contributed by atoms with E-state index in [9.17, 15) is 4.79 Å². The van der Waals surface area contributed by atoms with Gasteiger partial charge in [-0.15, -0.1) is 0 Å². The van der Waals surface area contributed by atoms with E-state index in [0.29, 0.717) is 22.7 Å². The zero-order valence-electron chi connectivity index (χ0n) is 9.11. The van der Waals surface area contributed by atoms with Gasteiger partial charge in [-0.05, 0) is 18.6 Å². The fraction of sp³-hybridized carbons (Fsp3) is 0.167. The van der Waals surface area contributed by atoms with E-state index in [1.54, 1.807) is 24.3 Å². The lowest BCUT2D eigenvalue weighted by Crippen LogP contribution is -1.98. The summed E-state index contributed by atoms with van der Waals surface area (Å²) in [6, 6.07) is 7.01. The summed E-state index contributed by atoms with van der Waals surface area (Å²) >= 11 is 6.00. The van der Waals surface area contributed by atoms with Crippen molar-refractivity contribution in [2.75, 3.05) is 0 Å². The largest absolute Gasteiger partial charge is 0.475 e. The van der Waals surface area contributed by atoms with Gasteiger partial charge in [-0.2, -0.15) is 0 Å². The molecule has 0 saturated heterocycles. The van der Waals surface area contributed by atoms with Gasteiger partial charge in [0.25, 0.3) is 0 Å². The maximum atomic E-state index is 10.9. The Kier molecular flexibility index (Phi) is 3.15. The van der Waals surface area contributed by atoms with E-state index in [4.69, 9.17) is 21.1 Å². The average Bonchev–Trinajstić information content (AvgIpc) is 2.73. The van der Waals surface area contributed by atoms with E-state index >= 15 is 0 Å². The van der Waals surface area contributed by atoms with Gasteiger partial charge in [0.05, 0.1) is 16.3 Å². The summed E-state index contributed by atoms with van der Waals surface area (Å²) in [7, 11) is 0. The third kappa shape index (κ3) is 2.17. The predicted molar refractivity (Wildman–Crippen MR) is 63.3 cm³/mol. The minimum atomic E-state index is -1.12. The Morgan fingerprint density at radius 3 is 2.71 bits per heavy atom. The quantitative estimate of drug-likeness (QED) is 0.909. The third-order valence-corrected chi connectivity index (χ3v) is 2.66. The first-order valence-electron chi connectivity index (χ1n) is 5.11. The van der Waals surface area contributed by atoms with E-state index in [0.717, 1.165) is 0 Å². The summed E-state index contributed by atoms with van der Waals surface area (Å²) in [6.07, 6.45) is 0.496. The van der Waals surface area contributed by atoms with Crippen molar-refractivity contribution in [1.29, 1.82) is 0 Å². The summed E-state index contributed by atoms with van der Waals surface area (Å²) < 4.78 is 5.24. The third-order valence-electron chi connectivity index (χ3n) is 2.33. The minimum absolute atomic E-state index is 0.123. The molecule has 1 aromatic carbocycles. The van der Waals surface area contributed by atoms with Gasteiger partial charge in [-0.1, -0.05) is 30.7 Å². The van der Waals surface area contributed by atoms with Gasteiger partial charge in [0, 0.05) is 0 Å². The van der Waals surface area contributed by atoms with Crippen LogP contribution in [0.1, 0.15) is 23.2 Å². The number of benzene rings is 1. The van der Waals surface area contributed by atoms with Crippen LogP contribution in [0.2, 0.25) is 5.02 Å². The molecule has 0 atom stereocenters. The van der Waals surface area contributed by atoms with Crippen LogP contribution in [0.3, 0.4) is 0 Å². The van der Waals surface area contributed by atoms with Gasteiger partial charge in [-0.25, -0.2) is 9.78 Å². The van der Waals surface area contributed by atoms with Gasteiger partial charge in [-0.3, -0.25) is 0 Å². The molecule has 1 heterocycles. The highest BCUT2D eigenvalue weighted by Gasteiger charge is 2.19. The lowest BCUT2D eigenvalue weighted by atomic mass is 10.2. The number of oxazole rings is 1. The second kappa shape index (κ2) is 4.59. The van der Waals surface area contributed by atoms with Crippen molar-refractivity contribution in [3.63, 3.8) is 0 Å². The Labute approximate surface area is 103 Å². The first-order valence-corrected chi connectivity index (χ1v) is 5.49. The molecule has 0 aliphatic heterocycles. The van der Waals surface area contributed by atoms with Crippen LogP contribution >= 0.6 is 11.6 Å². The van der Waals surface area contributed by atoms with E-state index in [-0.39, 0.29) is 11.7 Å². The highest BCUT2D eigenvalue weighted by molar-refractivity contribution is 6.33. The average molecular weight is 252 g/mol. The van der Waals surface area contributed by atoms with Crippen molar-refractivity contribution in [3.8, 4) is 11.5 Å². The van der Waals surface area contributed by atoms with Crippen LogP contribution in [0, 0.1) is 0 Å². The highest BCUT2D eigenvalue weighted by atomic mass is 35.5. The monoisotopic (exact) mass is 251 g/mol. The zero-order chi connectivity index (χ0) is 12.4. The molecule has 0 fully saturated rings. The number of aryl methyl sites for hydroxylation is 1. The first kappa shape index (κ1) is 11.7. The number of halogens is 1. The fourth-order valence-electron chi connectivity index (χ4n) is 1.51. The molecule has 0 spiro atoms. The summed E-state index contributed by atoms with van der Waals surface area (Å²) in [5, 5.41) is 9.44. The molecule has 0 aliphatic rings. The Bertz CT molecular complexity index is 563. The van der Waals surface area contributed by atoms with Crippen LogP contribution in [-0.2, 0) is 6.42 Å². The van der Waals surface area contributed by atoms with Crippen LogP contribution in [0.5, 0.6) is 0 Å². The molecule has 0 unspecified atom stereocenters. The van der Waals surface area contributed by atoms with E-state index in [2.05, 4.69) is 4.98 Å². The molecular weight excluding hydrogens is 242 g/mol. The normalized spacial score (nSPS) is 10.5. The highest BCUT2D eigenvalue weighted by Crippen LogP contribution is 2.28. The Morgan fingerprint density at radius 1 is 1.47 bits per heavy atom. The number of aromatic carboxylic acids is 1. The maximum absolute atomic E-state index is 10.9. The van der Waals surface area contributed by atoms with Gasteiger partial charge >= 0.3 is 5.97 Å². The second-order valence-electron chi connectivity index (χ2n) is 3.43. The molecular formula is C12H10ClNO3. The molecule has 17 heavy (non-hydrogen) atoms. The van der Waals surface area contributed by atoms with Crippen molar-refractivity contribution < 1.29 is 14.3 Å². The van der Waals surface area contributed by atoms with Crippen molar-refractivity contribution in [2.45, 2.75) is 13.3 Å². The summed E-state index contributed by atoms with van der Waals surface area (Å²) in [4.78, 5) is 15.1. The SMILES string of the molecule is CCc1nc(-c2ccccc2Cl)oc1C(=O)O. The van der Waals surface area contributed by atoms with Crippen LogP contribution in [0.25, 0.3) is 11.5 Å². The summed E-state index contributed by atoms with van der Waals surface area (Å²) in [5.74, 6) is -1.00. The number of aromatic nitrogens is 1. The molecule has 0 bridgehead atoms. The number of carbonyl (C=O) groups is 1. The van der Waals surface area contributed by atoms with Crippen molar-refractivity contribution >= 4 is 17.6 Å². The lowest BCUT2D eigenvalue weighted by molar-refractivity contribution is 0.0662. The van der Waals surface area contributed by atoms with Crippen molar-refractivity contribution in [1.82, 2.24) is 4.98 Å². The first-order chi connectivity index (χ1) is 8.13. The molecule has 0 aliphatic carbocycles. The van der Waals surface area contributed by atoms with Gasteiger partial charge in [0.15, 0.2) is 0 Å². The summed E-state index contributed by atoms with van der Waals surface area (Å²) in [5.41, 5.74) is 1.02. The maximum Gasteiger partial charge on any atom is 0.373 e. The van der Waals surface area contributed by atoms with E-state index in [1.165, 1.54) is 0 Å². The topological polar surface area (TPSA) is 63.3 Å². The van der Waals surface area contributed by atoms with Crippen molar-refractivity contribution in [2.24, 2.45) is 0 Å². The predicted octanol–water partition coefficient (Wildman–Crippen LogP) is 3.26. The molecule has 1 N–H and O–H groups in total. The number of nitrogens with zero attached hydrogens (tertiary/aromatic N) is 1. The number of carboxylic acid groups (broad SMARTS) is 1. The molecule has 0 amide bonds. The standard InChI is InChI=1S/C12H10ClNO3/c1-2-9-10(12(15)16)17-11(14-9)7-5-3-4-6-8(7)13/h3-6H,2H2,1H3,(H,15,16). The molecule has 2 aromatic rings. The smallest absolute Gasteiger partial charge is 0.373 e. The van der Waals surface area contributed by atoms with Crippen LogP contribution in [0.15, 0.2) is 28.7 Å². The lowest BCUT2D eigenvalue weighted by Gasteiger charge is -1.97. The second-order valence-corrected chi connectivity index (χ2v) is 3.84. The Morgan fingerprint density at radius 2 is 2.18 bits per heavy atom. The van der Waals surface area contributed by atoms with Crippen LogP contribution in [0.4, 0.5) is 0 Å². The Balaban J connectivity index is 2.54. The molecule has 1 aromatic heterocycles. The molecule has 0 saturated carbocycles. The fourth-order valence-corrected chi connectivity index (χ4v) is 1.72. The van der Waals surface area contributed by atoms with Gasteiger partial charge in [0.1, 0.15) is 0 Å². The number of hydrogen-bond acceptors (Lipinski definition) is 3. The zero-order valence-corrected chi connectivity index (χ0v) is 9.86. The number of rotatable bonds is 3. The minimum Gasteiger partial charge on any atom is -0.475 e. The number of hydrogen-bond donors (Lipinski definition) is 1. The molecule has 2 rings (SSSR count). The van der Waals surface area contributed by atoms with Crippen LogP contribution in [-0.4, -0.2) is 16.1 Å². The Hall–Kier alpha value is -1.81. The molecule has 0 radical (unpaired) electrons. The van der Waals surface area contributed by atoms with E-state index in [1.807, 2.05) is 6.92 Å². The van der Waals surface area contributed by atoms with Gasteiger partial charge in [0.2, 0.25) is 11.7 Å². The van der Waals surface area contributed by atoms with Crippen molar-refractivity contribution in [3.05, 3.63) is 40.7 Å². The molecule has 5 heteroatoms. The number of carboxylic acids is 1.